The highest BCUT2D eigenvalue weighted by molar-refractivity contribution is 7.92. The van der Waals surface area contributed by atoms with E-state index in [1.807, 2.05) is 32.0 Å². The molecule has 2 aromatic heterocycles. The summed E-state index contributed by atoms with van der Waals surface area (Å²) in [6, 6.07) is 5.67. The minimum Gasteiger partial charge on any atom is -0.355 e. The van der Waals surface area contributed by atoms with Crippen molar-refractivity contribution in [3.8, 4) is 11.5 Å². The molecule has 2 aliphatic rings. The van der Waals surface area contributed by atoms with Crippen LogP contribution in [0.3, 0.4) is 0 Å². The van der Waals surface area contributed by atoms with Crippen LogP contribution in [0.4, 0.5) is 5.82 Å². The monoisotopic (exact) mass is 372 g/mol. The topological polar surface area (TPSA) is 76.1 Å². The third-order valence-corrected chi connectivity index (χ3v) is 8.60. The molecule has 4 rings (SSSR count). The number of nitrogens with zero attached hydrogens (tertiary/aromatic N) is 4. The Labute approximate surface area is 154 Å². The van der Waals surface area contributed by atoms with Crippen LogP contribution in [-0.4, -0.2) is 47.0 Å². The van der Waals surface area contributed by atoms with Crippen LogP contribution < -0.4 is 4.90 Å². The zero-order valence-corrected chi connectivity index (χ0v) is 16.1. The lowest BCUT2D eigenvalue weighted by Crippen LogP contribution is -2.46. The fourth-order valence-corrected chi connectivity index (χ4v) is 6.13. The van der Waals surface area contributed by atoms with Gasteiger partial charge in [-0.2, -0.15) is 0 Å². The van der Waals surface area contributed by atoms with Crippen LogP contribution in [0.25, 0.3) is 11.5 Å². The summed E-state index contributed by atoms with van der Waals surface area (Å²) in [7, 11) is -3.05. The van der Waals surface area contributed by atoms with Gasteiger partial charge in [-0.25, -0.2) is 18.4 Å². The molecule has 26 heavy (non-hydrogen) atoms. The SMILES string of the molecule is Cc1nc(-c2ccccn2)nc(N2CCC3(CCC3)S(=O)(=O)CC2)c1C. The number of anilines is 1. The fraction of sp³-hybridized carbons (Fsp3) is 0.526. The molecule has 1 saturated carbocycles. The molecule has 1 saturated heterocycles. The molecule has 0 radical (unpaired) electrons. The Morgan fingerprint density at radius 2 is 1.88 bits per heavy atom. The molecule has 6 nitrogen and oxygen atoms in total. The second-order valence-corrected chi connectivity index (χ2v) is 9.89. The molecule has 0 unspecified atom stereocenters. The van der Waals surface area contributed by atoms with Crippen molar-refractivity contribution in [3.63, 3.8) is 0 Å². The molecule has 0 amide bonds. The molecular formula is C19H24N4O2S. The van der Waals surface area contributed by atoms with Crippen molar-refractivity contribution >= 4 is 15.7 Å². The predicted molar refractivity (Wildman–Crippen MR) is 102 cm³/mol. The first kappa shape index (κ1) is 17.4. The van der Waals surface area contributed by atoms with E-state index < -0.39 is 14.6 Å². The molecule has 0 N–H and O–H groups in total. The maximum atomic E-state index is 12.8. The van der Waals surface area contributed by atoms with Crippen molar-refractivity contribution in [1.82, 2.24) is 15.0 Å². The highest BCUT2D eigenvalue weighted by Crippen LogP contribution is 2.44. The Hall–Kier alpha value is -2.02. The zero-order valence-electron chi connectivity index (χ0n) is 15.3. The van der Waals surface area contributed by atoms with Crippen LogP contribution in [0.1, 0.15) is 36.9 Å². The first-order chi connectivity index (χ1) is 12.4. The van der Waals surface area contributed by atoms with Crippen molar-refractivity contribution in [1.29, 1.82) is 0 Å². The van der Waals surface area contributed by atoms with Crippen LogP contribution in [0, 0.1) is 13.8 Å². The van der Waals surface area contributed by atoms with Gasteiger partial charge in [0.25, 0.3) is 0 Å². The molecule has 2 fully saturated rings. The Balaban J connectivity index is 1.70. The van der Waals surface area contributed by atoms with Crippen molar-refractivity contribution in [2.45, 2.75) is 44.3 Å². The van der Waals surface area contributed by atoms with Crippen LogP contribution >= 0.6 is 0 Å². The van der Waals surface area contributed by atoms with E-state index in [9.17, 15) is 8.42 Å². The van der Waals surface area contributed by atoms with E-state index in [1.54, 1.807) is 6.20 Å². The van der Waals surface area contributed by atoms with Crippen LogP contribution in [0.5, 0.6) is 0 Å². The number of aryl methyl sites for hydroxylation is 1. The predicted octanol–water partition coefficient (Wildman–Crippen LogP) is 2.70. The molecule has 0 atom stereocenters. The number of aromatic nitrogens is 3. The van der Waals surface area contributed by atoms with Gasteiger partial charge in [-0.15, -0.1) is 0 Å². The second kappa shape index (κ2) is 6.30. The van der Waals surface area contributed by atoms with Crippen LogP contribution in [-0.2, 0) is 9.84 Å². The summed E-state index contributed by atoms with van der Waals surface area (Å²) < 4.78 is 25.0. The Morgan fingerprint density at radius 3 is 2.54 bits per heavy atom. The largest absolute Gasteiger partial charge is 0.355 e. The summed E-state index contributed by atoms with van der Waals surface area (Å²) in [4.78, 5) is 15.8. The minimum atomic E-state index is -3.05. The molecular weight excluding hydrogens is 348 g/mol. The van der Waals surface area contributed by atoms with Crippen LogP contribution in [0.15, 0.2) is 24.4 Å². The lowest BCUT2D eigenvalue weighted by atomic mass is 9.81. The maximum Gasteiger partial charge on any atom is 0.180 e. The molecule has 7 heteroatoms. The van der Waals surface area contributed by atoms with E-state index in [1.165, 1.54) is 0 Å². The summed E-state index contributed by atoms with van der Waals surface area (Å²) in [5, 5.41) is 0. The molecule has 138 valence electrons. The average Bonchev–Trinajstić information content (AvgIpc) is 2.73. The minimum absolute atomic E-state index is 0.203. The first-order valence-corrected chi connectivity index (χ1v) is 10.8. The average molecular weight is 372 g/mol. The Bertz CT molecular complexity index is 924. The van der Waals surface area contributed by atoms with Gasteiger partial charge in [0.1, 0.15) is 11.5 Å². The summed E-state index contributed by atoms with van der Waals surface area (Å²) in [6.45, 7) is 5.18. The van der Waals surface area contributed by atoms with Crippen LogP contribution in [0.2, 0.25) is 0 Å². The van der Waals surface area contributed by atoms with Gasteiger partial charge in [0, 0.05) is 30.5 Å². The lowest BCUT2D eigenvalue weighted by molar-refractivity contribution is 0.324. The van der Waals surface area contributed by atoms with Gasteiger partial charge >= 0.3 is 0 Å². The summed E-state index contributed by atoms with van der Waals surface area (Å²) >= 11 is 0. The number of hydrogen-bond acceptors (Lipinski definition) is 6. The number of pyridine rings is 1. The van der Waals surface area contributed by atoms with E-state index >= 15 is 0 Å². The third kappa shape index (κ3) is 2.78. The fourth-order valence-electron chi connectivity index (χ4n) is 3.93. The van der Waals surface area contributed by atoms with Gasteiger partial charge in [-0.05, 0) is 45.2 Å². The lowest BCUT2D eigenvalue weighted by Gasteiger charge is -2.40. The van der Waals surface area contributed by atoms with Crippen molar-refractivity contribution < 1.29 is 8.42 Å². The van der Waals surface area contributed by atoms with E-state index in [0.29, 0.717) is 18.8 Å². The molecule has 0 aromatic carbocycles. The van der Waals surface area contributed by atoms with Gasteiger partial charge in [-0.1, -0.05) is 12.5 Å². The maximum absolute atomic E-state index is 12.8. The molecule has 2 aromatic rings. The Morgan fingerprint density at radius 1 is 1.08 bits per heavy atom. The Kier molecular flexibility index (Phi) is 4.22. The highest BCUT2D eigenvalue weighted by atomic mass is 32.2. The van der Waals surface area contributed by atoms with E-state index in [0.717, 1.165) is 48.6 Å². The molecule has 0 bridgehead atoms. The summed E-state index contributed by atoms with van der Waals surface area (Å²) in [5.41, 5.74) is 2.64. The van der Waals surface area contributed by atoms with Gasteiger partial charge in [-0.3, -0.25) is 4.98 Å². The van der Waals surface area contributed by atoms with Gasteiger partial charge < -0.3 is 4.90 Å². The summed E-state index contributed by atoms with van der Waals surface area (Å²) in [6.07, 6.45) is 5.06. The molecule has 1 aliphatic carbocycles. The smallest absolute Gasteiger partial charge is 0.180 e. The van der Waals surface area contributed by atoms with Gasteiger partial charge in [0.05, 0.1) is 10.5 Å². The standard InChI is InChI=1S/C19H24N4O2S/c1-14-15(2)21-17(16-6-3-4-10-20-16)22-18(14)23-11-9-19(7-5-8-19)26(24,25)13-12-23/h3-4,6,10H,5,7-9,11-13H2,1-2H3. The second-order valence-electron chi connectivity index (χ2n) is 7.39. The third-order valence-electron chi connectivity index (χ3n) is 5.95. The number of rotatable bonds is 2. The molecule has 1 spiro atoms. The number of hydrogen-bond donors (Lipinski definition) is 0. The molecule has 1 aliphatic heterocycles. The quantitative estimate of drug-likeness (QED) is 0.807. The number of sulfone groups is 1. The van der Waals surface area contributed by atoms with E-state index in [4.69, 9.17) is 4.98 Å². The normalized spacial score (nSPS) is 21.2. The van der Waals surface area contributed by atoms with Gasteiger partial charge in [0.15, 0.2) is 15.7 Å². The van der Waals surface area contributed by atoms with Crippen molar-refractivity contribution in [2.75, 3.05) is 23.7 Å². The van der Waals surface area contributed by atoms with Crippen molar-refractivity contribution in [2.24, 2.45) is 0 Å². The van der Waals surface area contributed by atoms with E-state index in [2.05, 4.69) is 14.9 Å². The summed E-state index contributed by atoms with van der Waals surface area (Å²) in [5.74, 6) is 1.63. The van der Waals surface area contributed by atoms with E-state index in [-0.39, 0.29) is 5.75 Å². The highest BCUT2D eigenvalue weighted by Gasteiger charge is 2.49. The zero-order chi connectivity index (χ0) is 18.4. The van der Waals surface area contributed by atoms with Gasteiger partial charge in [0.2, 0.25) is 0 Å². The van der Waals surface area contributed by atoms with Crippen molar-refractivity contribution in [3.05, 3.63) is 35.7 Å². The first-order valence-electron chi connectivity index (χ1n) is 9.16. The molecule has 3 heterocycles.